The number of hydrogen-bond donors (Lipinski definition) is 1. The Kier molecular flexibility index (Phi) is 6.27. The predicted octanol–water partition coefficient (Wildman–Crippen LogP) is 3.22. The van der Waals surface area contributed by atoms with Crippen LogP contribution < -0.4 is 5.32 Å². The highest BCUT2D eigenvalue weighted by molar-refractivity contribution is 8.04. The molecule has 8 nitrogen and oxygen atoms in total. The van der Waals surface area contributed by atoms with E-state index in [1.807, 2.05) is 0 Å². The van der Waals surface area contributed by atoms with Gasteiger partial charge in [0, 0.05) is 23.2 Å². The van der Waals surface area contributed by atoms with Gasteiger partial charge in [-0.3, -0.25) is 29.4 Å². The van der Waals surface area contributed by atoms with Crippen LogP contribution in [0.3, 0.4) is 0 Å². The molecule has 0 bridgehead atoms. The van der Waals surface area contributed by atoms with Gasteiger partial charge in [-0.25, -0.2) is 0 Å². The first kappa shape index (κ1) is 20.9. The number of hydrogen-bond acceptors (Lipinski definition) is 6. The lowest BCUT2D eigenvalue weighted by molar-refractivity contribution is -0.384. The number of thioether (sulfide) groups is 1. The second-order valence-electron chi connectivity index (χ2n) is 6.84. The summed E-state index contributed by atoms with van der Waals surface area (Å²) in [5, 5.41) is 13.8. The summed E-state index contributed by atoms with van der Waals surface area (Å²) in [6, 6.07) is 3.87. The third kappa shape index (κ3) is 5.30. The van der Waals surface area contributed by atoms with Gasteiger partial charge in [-0.2, -0.15) is 0 Å². The summed E-state index contributed by atoms with van der Waals surface area (Å²) >= 11 is 6.93. The van der Waals surface area contributed by atoms with Crippen molar-refractivity contribution in [3.05, 3.63) is 44.4 Å². The number of nitrogens with zero attached hydrogens (tertiary/aromatic N) is 2. The first-order valence-electron chi connectivity index (χ1n) is 7.92. The smallest absolute Gasteiger partial charge is 0.289 e. The van der Waals surface area contributed by atoms with Crippen LogP contribution in [0.4, 0.5) is 11.4 Å². The number of nitrogens with one attached hydrogen (secondary N) is 1. The van der Waals surface area contributed by atoms with E-state index in [1.165, 1.54) is 34.9 Å². The quantitative estimate of drug-likeness (QED) is 0.452. The Balaban J connectivity index is 2.13. The molecule has 1 aromatic carbocycles. The molecule has 27 heavy (non-hydrogen) atoms. The summed E-state index contributed by atoms with van der Waals surface area (Å²) in [5.74, 6) is -0.844. The largest absolute Gasteiger partial charge is 0.324 e. The lowest BCUT2D eigenvalue weighted by atomic mass is 9.91. The first-order chi connectivity index (χ1) is 12.5. The summed E-state index contributed by atoms with van der Waals surface area (Å²) < 4.78 is 0. The van der Waals surface area contributed by atoms with Crippen molar-refractivity contribution >= 4 is 52.3 Å². The molecule has 2 amide bonds. The van der Waals surface area contributed by atoms with Crippen LogP contribution >= 0.6 is 23.4 Å². The van der Waals surface area contributed by atoms with E-state index in [-0.39, 0.29) is 40.4 Å². The maximum Gasteiger partial charge on any atom is 0.289 e. The maximum absolute atomic E-state index is 12.3. The van der Waals surface area contributed by atoms with Gasteiger partial charge in [0.2, 0.25) is 11.8 Å². The van der Waals surface area contributed by atoms with E-state index in [0.29, 0.717) is 5.03 Å². The third-order valence-electron chi connectivity index (χ3n) is 3.63. The Hall–Kier alpha value is -2.39. The number of nitro benzene ring substituents is 1. The Morgan fingerprint density at radius 3 is 2.67 bits per heavy atom. The van der Waals surface area contributed by atoms with Crippen LogP contribution in [0.15, 0.2) is 29.3 Å². The van der Waals surface area contributed by atoms with Crippen LogP contribution in [0.1, 0.15) is 20.8 Å². The van der Waals surface area contributed by atoms with Gasteiger partial charge in [-0.05, 0) is 12.1 Å². The Morgan fingerprint density at radius 1 is 1.41 bits per heavy atom. The van der Waals surface area contributed by atoms with Gasteiger partial charge in [0.15, 0.2) is 5.78 Å². The molecular formula is C17H18ClN3O5S. The zero-order chi connectivity index (χ0) is 20.4. The molecule has 0 aliphatic carbocycles. The van der Waals surface area contributed by atoms with Crippen molar-refractivity contribution < 1.29 is 19.3 Å². The van der Waals surface area contributed by atoms with Gasteiger partial charge in [0.25, 0.3) is 5.69 Å². The molecule has 0 atom stereocenters. The molecule has 1 aliphatic heterocycles. The SMILES string of the molecule is CC(C)(C)C(=O)/C=C1\SCC(=O)N1CC(=O)Nc1ccc(Cl)c([N+](=O)[O-])c1. The summed E-state index contributed by atoms with van der Waals surface area (Å²) in [6.07, 6.45) is 1.37. The van der Waals surface area contributed by atoms with Crippen molar-refractivity contribution in [1.29, 1.82) is 0 Å². The number of amides is 2. The molecule has 0 saturated carbocycles. The number of nitro groups is 1. The average molecular weight is 412 g/mol. The van der Waals surface area contributed by atoms with Gasteiger partial charge in [0.05, 0.1) is 15.7 Å². The second kappa shape index (κ2) is 8.10. The number of carbonyl (C=O) groups is 3. The van der Waals surface area contributed by atoms with Crippen LogP contribution in [0.5, 0.6) is 0 Å². The average Bonchev–Trinajstić information content (AvgIpc) is 2.88. The molecule has 144 valence electrons. The van der Waals surface area contributed by atoms with Crippen molar-refractivity contribution in [2.75, 3.05) is 17.6 Å². The van der Waals surface area contributed by atoms with Crippen molar-refractivity contribution in [3.63, 3.8) is 0 Å². The summed E-state index contributed by atoms with van der Waals surface area (Å²) in [7, 11) is 0. The van der Waals surface area contributed by atoms with Gasteiger partial charge >= 0.3 is 0 Å². The van der Waals surface area contributed by atoms with Crippen molar-refractivity contribution in [2.45, 2.75) is 20.8 Å². The van der Waals surface area contributed by atoms with E-state index in [1.54, 1.807) is 20.8 Å². The van der Waals surface area contributed by atoms with Gasteiger partial charge in [0.1, 0.15) is 11.6 Å². The lowest BCUT2D eigenvalue weighted by Crippen LogP contribution is -2.34. The first-order valence-corrected chi connectivity index (χ1v) is 9.28. The van der Waals surface area contributed by atoms with Crippen LogP contribution in [0, 0.1) is 15.5 Å². The number of ketones is 1. The highest BCUT2D eigenvalue weighted by atomic mass is 35.5. The summed E-state index contributed by atoms with van der Waals surface area (Å²) in [5.41, 5.74) is -0.750. The molecule has 1 heterocycles. The Labute approximate surface area is 165 Å². The number of halogens is 1. The van der Waals surface area contributed by atoms with Crippen LogP contribution in [0.25, 0.3) is 0 Å². The molecule has 1 saturated heterocycles. The number of anilines is 1. The minimum atomic E-state index is -0.655. The third-order valence-corrected chi connectivity index (χ3v) is 4.98. The van der Waals surface area contributed by atoms with E-state index >= 15 is 0 Å². The second-order valence-corrected chi connectivity index (χ2v) is 8.24. The standard InChI is InChI=1S/C17H18ClN3O5S/c1-17(2,3)13(22)7-16-20(15(24)9-27-16)8-14(23)19-10-4-5-11(18)12(6-10)21(25)26/h4-7H,8-9H2,1-3H3,(H,19,23)/b16-7-. The van der Waals surface area contributed by atoms with Crippen molar-refractivity contribution in [3.8, 4) is 0 Å². The minimum Gasteiger partial charge on any atom is -0.324 e. The molecule has 1 fully saturated rings. The fourth-order valence-corrected chi connectivity index (χ4v) is 3.23. The summed E-state index contributed by atoms with van der Waals surface area (Å²) in [6.45, 7) is 4.99. The van der Waals surface area contributed by atoms with Crippen molar-refractivity contribution in [2.24, 2.45) is 5.41 Å². The number of rotatable bonds is 5. The van der Waals surface area contributed by atoms with Crippen molar-refractivity contribution in [1.82, 2.24) is 4.90 Å². The monoisotopic (exact) mass is 411 g/mol. The van der Waals surface area contributed by atoms with E-state index in [2.05, 4.69) is 5.32 Å². The number of allylic oxidation sites excluding steroid dienone is 1. The highest BCUT2D eigenvalue weighted by Crippen LogP contribution is 2.31. The fraction of sp³-hybridized carbons (Fsp3) is 0.353. The number of carbonyl (C=O) groups excluding carboxylic acids is 3. The van der Waals surface area contributed by atoms with E-state index in [0.717, 1.165) is 6.07 Å². The van der Waals surface area contributed by atoms with Gasteiger partial charge in [-0.15, -0.1) is 0 Å². The topological polar surface area (TPSA) is 110 Å². The molecule has 0 spiro atoms. The molecule has 0 radical (unpaired) electrons. The summed E-state index contributed by atoms with van der Waals surface area (Å²) in [4.78, 5) is 48.0. The molecule has 2 rings (SSSR count). The van der Waals surface area contributed by atoms with Crippen LogP contribution in [-0.2, 0) is 14.4 Å². The molecule has 1 N–H and O–H groups in total. The maximum atomic E-state index is 12.3. The lowest BCUT2D eigenvalue weighted by Gasteiger charge is -2.19. The van der Waals surface area contributed by atoms with Crippen LogP contribution in [-0.4, -0.2) is 39.7 Å². The molecule has 1 aromatic rings. The fourth-order valence-electron chi connectivity index (χ4n) is 2.10. The van der Waals surface area contributed by atoms with Crippen LogP contribution in [0.2, 0.25) is 5.02 Å². The number of benzene rings is 1. The molecule has 0 aromatic heterocycles. The Bertz CT molecular complexity index is 847. The van der Waals surface area contributed by atoms with E-state index in [9.17, 15) is 24.5 Å². The van der Waals surface area contributed by atoms with Gasteiger partial charge < -0.3 is 5.32 Å². The Morgan fingerprint density at radius 2 is 2.07 bits per heavy atom. The molecular weight excluding hydrogens is 394 g/mol. The molecule has 0 unspecified atom stereocenters. The zero-order valence-corrected chi connectivity index (χ0v) is 16.5. The normalized spacial score (nSPS) is 15.9. The molecule has 10 heteroatoms. The zero-order valence-electron chi connectivity index (χ0n) is 14.9. The minimum absolute atomic E-state index is 0.0463. The highest BCUT2D eigenvalue weighted by Gasteiger charge is 2.31. The van der Waals surface area contributed by atoms with Gasteiger partial charge in [-0.1, -0.05) is 44.1 Å². The van der Waals surface area contributed by atoms with E-state index < -0.39 is 16.2 Å². The predicted molar refractivity (Wildman–Crippen MR) is 103 cm³/mol. The molecule has 1 aliphatic rings. The van der Waals surface area contributed by atoms with E-state index in [4.69, 9.17) is 11.6 Å².